The molecule has 26 heavy (non-hydrogen) atoms. The average molecular weight is 368 g/mol. The number of aromatic amines is 1. The third kappa shape index (κ3) is 2.90. The van der Waals surface area contributed by atoms with E-state index in [-0.39, 0.29) is 11.5 Å². The first-order chi connectivity index (χ1) is 12.7. The highest BCUT2D eigenvalue weighted by atomic mass is 32.1. The van der Waals surface area contributed by atoms with Crippen molar-refractivity contribution in [3.05, 3.63) is 56.7 Å². The average Bonchev–Trinajstić information content (AvgIpc) is 3.16. The summed E-state index contributed by atoms with van der Waals surface area (Å²) < 4.78 is 3.89. The zero-order chi connectivity index (χ0) is 18.1. The Bertz CT molecular complexity index is 1010. The number of hydrogen-bond acceptors (Lipinski definition) is 7. The minimum Gasteiger partial charge on any atom is -0.332 e. The summed E-state index contributed by atoms with van der Waals surface area (Å²) in [5, 5.41) is 4.01. The van der Waals surface area contributed by atoms with Gasteiger partial charge in [-0.1, -0.05) is 11.4 Å². The van der Waals surface area contributed by atoms with Gasteiger partial charge in [0.1, 0.15) is 10.7 Å². The van der Waals surface area contributed by atoms with E-state index in [9.17, 15) is 9.59 Å². The van der Waals surface area contributed by atoms with Crippen LogP contribution >= 0.6 is 11.5 Å². The van der Waals surface area contributed by atoms with Crippen LogP contribution in [0.4, 0.5) is 0 Å². The van der Waals surface area contributed by atoms with Crippen LogP contribution in [-0.2, 0) is 19.4 Å². The second-order valence-electron chi connectivity index (χ2n) is 5.95. The van der Waals surface area contributed by atoms with E-state index < -0.39 is 0 Å². The molecule has 0 radical (unpaired) electrons. The Labute approximate surface area is 153 Å². The first kappa shape index (κ1) is 16.5. The number of carbonyl (C=O) groups is 1. The van der Waals surface area contributed by atoms with Gasteiger partial charge in [-0.05, 0) is 36.5 Å². The monoisotopic (exact) mass is 368 g/mol. The molecule has 9 heteroatoms. The lowest BCUT2D eigenvalue weighted by atomic mass is 10.1. The van der Waals surface area contributed by atoms with E-state index in [0.717, 1.165) is 17.1 Å². The van der Waals surface area contributed by atoms with Gasteiger partial charge in [-0.15, -0.1) is 5.10 Å². The summed E-state index contributed by atoms with van der Waals surface area (Å²) in [5.74, 6) is 0.384. The third-order valence-electron chi connectivity index (χ3n) is 4.40. The molecule has 3 aromatic heterocycles. The smallest absolute Gasteiger partial charge is 0.267 e. The van der Waals surface area contributed by atoms with E-state index in [1.54, 1.807) is 29.4 Å². The highest BCUT2D eigenvalue weighted by molar-refractivity contribution is 7.08. The number of H-pyrrole nitrogens is 1. The van der Waals surface area contributed by atoms with Gasteiger partial charge >= 0.3 is 0 Å². The fraction of sp³-hybridized carbons (Fsp3) is 0.294. The minimum absolute atomic E-state index is 0.102. The fourth-order valence-electron chi connectivity index (χ4n) is 3.01. The molecule has 0 saturated heterocycles. The van der Waals surface area contributed by atoms with E-state index in [4.69, 9.17) is 0 Å². The van der Waals surface area contributed by atoms with Gasteiger partial charge in [0.05, 0.1) is 17.9 Å². The van der Waals surface area contributed by atoms with E-state index in [0.29, 0.717) is 53.6 Å². The van der Waals surface area contributed by atoms with E-state index in [1.165, 1.54) is 0 Å². The SMILES string of the molecule is CCc1nnsc1C(=O)N1CCc2c(nc(-c3ccncc3)[nH]c2=O)C1. The molecular weight excluding hydrogens is 352 g/mol. The predicted octanol–water partition coefficient (Wildman–Crippen LogP) is 1.44. The lowest BCUT2D eigenvalue weighted by Gasteiger charge is -2.27. The number of fused-ring (bicyclic) bond motifs is 1. The van der Waals surface area contributed by atoms with Gasteiger partial charge in [-0.3, -0.25) is 14.6 Å². The molecule has 4 rings (SSSR count). The summed E-state index contributed by atoms with van der Waals surface area (Å²) in [5.41, 5.74) is 2.62. The Morgan fingerprint density at radius 1 is 1.35 bits per heavy atom. The van der Waals surface area contributed by atoms with Crippen LogP contribution in [0.25, 0.3) is 11.4 Å². The number of hydrogen-bond donors (Lipinski definition) is 1. The quantitative estimate of drug-likeness (QED) is 0.750. The van der Waals surface area contributed by atoms with Crippen LogP contribution in [0.5, 0.6) is 0 Å². The number of aromatic nitrogens is 5. The number of pyridine rings is 1. The van der Waals surface area contributed by atoms with Crippen molar-refractivity contribution in [2.75, 3.05) is 6.54 Å². The van der Waals surface area contributed by atoms with Gasteiger partial charge in [0.15, 0.2) is 0 Å². The lowest BCUT2D eigenvalue weighted by Crippen LogP contribution is -2.39. The zero-order valence-corrected chi connectivity index (χ0v) is 14.9. The van der Waals surface area contributed by atoms with Gasteiger partial charge < -0.3 is 9.88 Å². The Hall–Kier alpha value is -2.94. The molecule has 0 spiro atoms. The summed E-state index contributed by atoms with van der Waals surface area (Å²) in [7, 11) is 0. The molecule has 0 fully saturated rings. The standard InChI is InChI=1S/C17H16N6O2S/c1-2-12-14(26-22-21-12)17(25)23-8-5-11-13(9-23)19-15(20-16(11)24)10-3-6-18-7-4-10/h3-4,6-7H,2,5,8-9H2,1H3,(H,19,20,24). The van der Waals surface area contributed by atoms with Crippen molar-refractivity contribution in [1.29, 1.82) is 0 Å². The number of carbonyl (C=O) groups excluding carboxylic acids is 1. The number of amides is 1. The van der Waals surface area contributed by atoms with Crippen LogP contribution in [0.1, 0.15) is 33.5 Å². The van der Waals surface area contributed by atoms with Crippen molar-refractivity contribution in [2.45, 2.75) is 26.3 Å². The van der Waals surface area contributed by atoms with Crippen molar-refractivity contribution < 1.29 is 4.79 Å². The van der Waals surface area contributed by atoms with Gasteiger partial charge in [0.25, 0.3) is 11.5 Å². The van der Waals surface area contributed by atoms with Crippen molar-refractivity contribution in [3.63, 3.8) is 0 Å². The molecule has 1 amide bonds. The molecule has 4 heterocycles. The Balaban J connectivity index is 1.67. The fourth-order valence-corrected chi connectivity index (χ4v) is 3.72. The molecule has 132 valence electrons. The van der Waals surface area contributed by atoms with Gasteiger partial charge in [-0.25, -0.2) is 4.98 Å². The molecule has 0 unspecified atom stereocenters. The highest BCUT2D eigenvalue weighted by Gasteiger charge is 2.28. The van der Waals surface area contributed by atoms with Crippen LogP contribution < -0.4 is 5.56 Å². The molecule has 1 aliphatic rings. The number of nitrogens with one attached hydrogen (secondary N) is 1. The van der Waals surface area contributed by atoms with E-state index in [2.05, 4.69) is 24.5 Å². The highest BCUT2D eigenvalue weighted by Crippen LogP contribution is 2.21. The maximum Gasteiger partial charge on any atom is 0.267 e. The summed E-state index contributed by atoms with van der Waals surface area (Å²) >= 11 is 1.11. The van der Waals surface area contributed by atoms with Crippen molar-refractivity contribution >= 4 is 17.4 Å². The number of nitrogens with zero attached hydrogens (tertiary/aromatic N) is 5. The largest absolute Gasteiger partial charge is 0.332 e. The lowest BCUT2D eigenvalue weighted by molar-refractivity contribution is 0.0735. The van der Waals surface area contributed by atoms with E-state index in [1.807, 2.05) is 6.92 Å². The number of aryl methyl sites for hydroxylation is 1. The summed E-state index contributed by atoms with van der Waals surface area (Å²) in [4.78, 5) is 38.9. The Kier molecular flexibility index (Phi) is 4.29. The number of rotatable bonds is 3. The molecular formula is C17H16N6O2S. The molecule has 0 saturated carbocycles. The summed E-state index contributed by atoms with van der Waals surface area (Å²) in [6, 6.07) is 3.57. The Morgan fingerprint density at radius 3 is 2.92 bits per heavy atom. The van der Waals surface area contributed by atoms with Crippen molar-refractivity contribution in [1.82, 2.24) is 29.4 Å². The van der Waals surface area contributed by atoms with Crippen LogP contribution in [0.15, 0.2) is 29.3 Å². The normalized spacial score (nSPS) is 13.5. The van der Waals surface area contributed by atoms with Crippen LogP contribution in [0, 0.1) is 0 Å². The second kappa shape index (κ2) is 6.75. The predicted molar refractivity (Wildman–Crippen MR) is 95.8 cm³/mol. The molecule has 1 aliphatic heterocycles. The van der Waals surface area contributed by atoms with Crippen LogP contribution in [-0.4, -0.2) is 41.9 Å². The van der Waals surface area contributed by atoms with Crippen molar-refractivity contribution in [2.24, 2.45) is 0 Å². The molecule has 3 aromatic rings. The molecule has 0 atom stereocenters. The first-order valence-electron chi connectivity index (χ1n) is 8.30. The summed E-state index contributed by atoms with van der Waals surface area (Å²) in [6.45, 7) is 2.73. The molecule has 0 bridgehead atoms. The van der Waals surface area contributed by atoms with Gasteiger partial charge in [0.2, 0.25) is 0 Å². The maximum atomic E-state index is 12.8. The van der Waals surface area contributed by atoms with Gasteiger partial charge in [0, 0.05) is 30.1 Å². The summed E-state index contributed by atoms with van der Waals surface area (Å²) in [6.07, 6.45) is 4.43. The molecule has 0 aliphatic carbocycles. The van der Waals surface area contributed by atoms with Gasteiger partial charge in [-0.2, -0.15) is 0 Å². The topological polar surface area (TPSA) is 105 Å². The van der Waals surface area contributed by atoms with Crippen LogP contribution in [0.2, 0.25) is 0 Å². The third-order valence-corrected chi connectivity index (χ3v) is 5.16. The molecule has 1 N–H and O–H groups in total. The van der Waals surface area contributed by atoms with Crippen molar-refractivity contribution in [3.8, 4) is 11.4 Å². The zero-order valence-electron chi connectivity index (χ0n) is 14.1. The van der Waals surface area contributed by atoms with Crippen LogP contribution in [0.3, 0.4) is 0 Å². The minimum atomic E-state index is -0.150. The molecule has 8 nitrogen and oxygen atoms in total. The maximum absolute atomic E-state index is 12.8. The second-order valence-corrected chi connectivity index (χ2v) is 6.71. The van der Waals surface area contributed by atoms with E-state index >= 15 is 0 Å². The Morgan fingerprint density at radius 2 is 2.15 bits per heavy atom. The molecule has 0 aromatic carbocycles. The first-order valence-corrected chi connectivity index (χ1v) is 9.07.